The van der Waals surface area contributed by atoms with E-state index in [4.69, 9.17) is 3.32 Å². The number of aliphatic hydroxyl groups is 1. The maximum absolute atomic E-state index is 9.56. The molecule has 2 unspecified atom stereocenters. The second-order valence-electron chi connectivity index (χ2n) is 2.84. The molecule has 2 nitrogen and oxygen atoms in total. The van der Waals surface area contributed by atoms with Crippen molar-refractivity contribution < 1.29 is 29.2 Å². The Balaban J connectivity index is 3.61. The van der Waals surface area contributed by atoms with Crippen molar-refractivity contribution in [2.75, 3.05) is 6.61 Å². The van der Waals surface area contributed by atoms with Crippen molar-refractivity contribution in [2.24, 2.45) is 5.92 Å². The van der Waals surface area contributed by atoms with E-state index in [2.05, 4.69) is 13.8 Å². The van der Waals surface area contributed by atoms with E-state index in [9.17, 15) is 5.11 Å². The quantitative estimate of drug-likeness (QED) is 0.650. The first kappa shape index (κ1) is 11.6. The fraction of sp³-hybridized carbons (Fsp3) is 1.00. The Morgan fingerprint density at radius 2 is 2.09 bits per heavy atom. The van der Waals surface area contributed by atoms with Gasteiger partial charge in [-0.3, -0.25) is 0 Å². The van der Waals surface area contributed by atoms with Gasteiger partial charge in [0.25, 0.3) is 0 Å². The molecule has 0 amide bonds. The zero-order valence-electron chi connectivity index (χ0n) is 7.34. The van der Waals surface area contributed by atoms with Crippen LogP contribution < -0.4 is 0 Å². The van der Waals surface area contributed by atoms with Gasteiger partial charge in [0, 0.05) is 0 Å². The van der Waals surface area contributed by atoms with Crippen molar-refractivity contribution in [1.82, 2.24) is 0 Å². The first-order valence-electron chi connectivity index (χ1n) is 4.22. The van der Waals surface area contributed by atoms with Crippen LogP contribution in [-0.2, 0) is 24.1 Å². The monoisotopic (exact) mass is 193 g/mol. The van der Waals surface area contributed by atoms with Gasteiger partial charge in [0.2, 0.25) is 0 Å². The fourth-order valence-electron chi connectivity index (χ4n) is 1.14. The van der Waals surface area contributed by atoms with Crippen LogP contribution in [0.5, 0.6) is 0 Å². The van der Waals surface area contributed by atoms with Crippen LogP contribution in [0.15, 0.2) is 0 Å². The summed E-state index contributed by atoms with van der Waals surface area (Å²) in [4.78, 5) is 0. The van der Waals surface area contributed by atoms with Gasteiger partial charge >= 0.3 is 81.0 Å². The molecule has 1 N–H and O–H groups in total. The molecule has 65 valence electrons. The summed E-state index contributed by atoms with van der Waals surface area (Å²) in [5, 5.41) is 9.56. The summed E-state index contributed by atoms with van der Waals surface area (Å²) in [5.74, 6) is 0.319. The molecule has 0 aliphatic heterocycles. The Hall–Kier alpha value is 0.634. The molecule has 0 bridgehead atoms. The predicted molar refractivity (Wildman–Crippen MR) is 40.6 cm³/mol. The molecule has 0 saturated carbocycles. The Labute approximate surface area is 81.2 Å². The Bertz CT molecular complexity index is 88.2. The van der Waals surface area contributed by atoms with Crippen molar-refractivity contribution >= 4 is 0 Å². The molecule has 0 aromatic carbocycles. The van der Waals surface area contributed by atoms with E-state index in [-0.39, 0.29) is 6.10 Å². The Morgan fingerprint density at radius 1 is 1.45 bits per heavy atom. The van der Waals surface area contributed by atoms with Crippen molar-refractivity contribution in [3.05, 3.63) is 0 Å². The summed E-state index contributed by atoms with van der Waals surface area (Å²) in [5.41, 5.74) is 0. The van der Waals surface area contributed by atoms with Gasteiger partial charge in [0.1, 0.15) is 0 Å². The van der Waals surface area contributed by atoms with E-state index in [0.29, 0.717) is 12.5 Å². The predicted octanol–water partition coefficient (Wildman–Crippen LogP) is 1.65. The fourth-order valence-corrected chi connectivity index (χ4v) is 1.47. The second kappa shape index (κ2) is 7.29. The molecular formula is C8H17O2Ti. The molecular weight excluding hydrogens is 176 g/mol. The molecule has 0 aromatic rings. The van der Waals surface area contributed by atoms with Crippen LogP contribution in [0, 0.1) is 5.92 Å². The maximum atomic E-state index is 9.56. The first-order chi connectivity index (χ1) is 5.26. The summed E-state index contributed by atoms with van der Waals surface area (Å²) in [6.07, 6.45) is 2.75. The minimum atomic E-state index is -0.176. The van der Waals surface area contributed by atoms with Gasteiger partial charge in [-0.1, -0.05) is 0 Å². The zero-order chi connectivity index (χ0) is 8.69. The molecule has 0 aliphatic carbocycles. The van der Waals surface area contributed by atoms with Crippen molar-refractivity contribution in [2.45, 2.75) is 39.2 Å². The van der Waals surface area contributed by atoms with Gasteiger partial charge in [-0.2, -0.15) is 0 Å². The summed E-state index contributed by atoms with van der Waals surface area (Å²) in [7, 11) is 0. The van der Waals surface area contributed by atoms with Crippen LogP contribution in [-0.4, -0.2) is 17.8 Å². The normalized spacial score (nSPS) is 16.2. The van der Waals surface area contributed by atoms with Gasteiger partial charge in [-0.05, 0) is 0 Å². The van der Waals surface area contributed by atoms with Crippen LogP contribution in [0.4, 0.5) is 0 Å². The molecule has 3 heteroatoms. The molecule has 0 heterocycles. The first-order valence-corrected chi connectivity index (χ1v) is 4.86. The molecule has 0 radical (unpaired) electrons. The van der Waals surface area contributed by atoms with Crippen LogP contribution >= 0.6 is 0 Å². The topological polar surface area (TPSA) is 29.5 Å². The van der Waals surface area contributed by atoms with Gasteiger partial charge < -0.3 is 0 Å². The van der Waals surface area contributed by atoms with Crippen LogP contribution in [0.25, 0.3) is 0 Å². The summed E-state index contributed by atoms with van der Waals surface area (Å²) >= 11 is 1.68. The van der Waals surface area contributed by atoms with Gasteiger partial charge in [0.15, 0.2) is 0 Å². The summed E-state index contributed by atoms with van der Waals surface area (Å²) in [6, 6.07) is 0. The SMILES string of the molecule is CCCC(O)C(CC)C[O][Ti]. The number of hydrogen-bond acceptors (Lipinski definition) is 2. The van der Waals surface area contributed by atoms with Gasteiger partial charge in [0.05, 0.1) is 0 Å². The van der Waals surface area contributed by atoms with Crippen LogP contribution in [0.1, 0.15) is 33.1 Å². The zero-order valence-corrected chi connectivity index (χ0v) is 8.90. The van der Waals surface area contributed by atoms with E-state index in [1.54, 1.807) is 20.8 Å². The number of rotatable bonds is 6. The minimum absolute atomic E-state index is 0.176. The number of hydrogen-bond donors (Lipinski definition) is 1. The molecule has 0 rings (SSSR count). The third kappa shape index (κ3) is 4.97. The van der Waals surface area contributed by atoms with Crippen molar-refractivity contribution in [1.29, 1.82) is 0 Å². The van der Waals surface area contributed by atoms with Gasteiger partial charge in [-0.25, -0.2) is 0 Å². The molecule has 0 fully saturated rings. The summed E-state index contributed by atoms with van der Waals surface area (Å²) < 4.78 is 5.00. The van der Waals surface area contributed by atoms with E-state index in [1.165, 1.54) is 0 Å². The van der Waals surface area contributed by atoms with Gasteiger partial charge in [-0.15, -0.1) is 0 Å². The molecule has 2 atom stereocenters. The van der Waals surface area contributed by atoms with Crippen LogP contribution in [0.3, 0.4) is 0 Å². The third-order valence-electron chi connectivity index (χ3n) is 1.95. The number of aliphatic hydroxyl groups excluding tert-OH is 1. The van der Waals surface area contributed by atoms with E-state index >= 15 is 0 Å². The van der Waals surface area contributed by atoms with E-state index < -0.39 is 0 Å². The standard InChI is InChI=1S/C8H17O2.Ti/c1-3-5-8(10)7(4-2)6-9;/h7-8,10H,3-6H2,1-2H3;/q-1;+1. The molecule has 0 saturated heterocycles. The second-order valence-corrected chi connectivity index (χ2v) is 3.29. The van der Waals surface area contributed by atoms with Crippen LogP contribution in [0.2, 0.25) is 0 Å². The van der Waals surface area contributed by atoms with Crippen molar-refractivity contribution in [3.8, 4) is 0 Å². The van der Waals surface area contributed by atoms with E-state index in [0.717, 1.165) is 19.3 Å². The average Bonchev–Trinajstić information content (AvgIpc) is 2.00. The van der Waals surface area contributed by atoms with E-state index in [1.807, 2.05) is 0 Å². The van der Waals surface area contributed by atoms with Crippen molar-refractivity contribution in [3.63, 3.8) is 0 Å². The Kier molecular flexibility index (Phi) is 7.71. The molecule has 0 aliphatic rings. The average molecular weight is 193 g/mol. The molecule has 11 heavy (non-hydrogen) atoms. The molecule has 0 spiro atoms. The summed E-state index contributed by atoms with van der Waals surface area (Å²) in [6.45, 7) is 4.85. The molecule has 0 aromatic heterocycles. The Morgan fingerprint density at radius 3 is 2.45 bits per heavy atom. The third-order valence-corrected chi connectivity index (χ3v) is 2.21.